The quantitative estimate of drug-likeness (QED) is 0.652. The smallest absolute Gasteiger partial charge is 0.242 e. The largest absolute Gasteiger partial charge is 0.370 e. The Morgan fingerprint density at radius 2 is 1.83 bits per heavy atom. The summed E-state index contributed by atoms with van der Waals surface area (Å²) in [7, 11) is -2.28. The van der Waals surface area contributed by atoms with Gasteiger partial charge in [0.05, 0.1) is 16.3 Å². The Balaban J connectivity index is 1.56. The van der Waals surface area contributed by atoms with E-state index in [0.29, 0.717) is 17.1 Å². The van der Waals surface area contributed by atoms with Gasteiger partial charge in [0.25, 0.3) is 0 Å². The molecule has 0 radical (unpaired) electrons. The van der Waals surface area contributed by atoms with Gasteiger partial charge in [-0.3, -0.25) is 4.79 Å². The van der Waals surface area contributed by atoms with Gasteiger partial charge in [0, 0.05) is 38.1 Å². The van der Waals surface area contributed by atoms with E-state index in [1.165, 1.54) is 23.5 Å². The lowest BCUT2D eigenvalue weighted by molar-refractivity contribution is -0.116. The summed E-state index contributed by atoms with van der Waals surface area (Å²) in [5.74, 6) is -0.701. The number of hydrogen-bond donors (Lipinski definition) is 1. The molecule has 3 rings (SSSR count). The Morgan fingerprint density at radius 3 is 2.50 bits per heavy atom. The molecule has 1 aliphatic rings. The molecule has 0 bridgehead atoms. The van der Waals surface area contributed by atoms with Crippen LogP contribution in [0.4, 0.5) is 15.8 Å². The van der Waals surface area contributed by atoms with E-state index >= 15 is 0 Å². The number of amides is 1. The maximum absolute atomic E-state index is 13.0. The van der Waals surface area contributed by atoms with E-state index in [2.05, 4.69) is 10.2 Å². The molecular formula is C21H25ClFN3O3S. The minimum atomic E-state index is -3.73. The predicted molar refractivity (Wildman–Crippen MR) is 117 cm³/mol. The summed E-state index contributed by atoms with van der Waals surface area (Å²) in [6.45, 7) is 2.05. The molecule has 0 atom stereocenters. The Kier molecular flexibility index (Phi) is 7.33. The second-order valence-electron chi connectivity index (χ2n) is 7.29. The molecule has 0 aliphatic carbocycles. The molecule has 1 amide bonds. The van der Waals surface area contributed by atoms with Crippen molar-refractivity contribution in [2.24, 2.45) is 0 Å². The number of benzene rings is 2. The Labute approximate surface area is 181 Å². The van der Waals surface area contributed by atoms with E-state index < -0.39 is 15.8 Å². The zero-order valence-corrected chi connectivity index (χ0v) is 18.3. The molecule has 162 valence electrons. The zero-order chi connectivity index (χ0) is 21.7. The second-order valence-corrected chi connectivity index (χ2v) is 9.77. The number of carbonyl (C=O) groups excluding carboxylic acids is 1. The van der Waals surface area contributed by atoms with Gasteiger partial charge in [-0.05, 0) is 61.7 Å². The van der Waals surface area contributed by atoms with Crippen molar-refractivity contribution < 1.29 is 17.6 Å². The number of rotatable bonds is 8. The maximum Gasteiger partial charge on any atom is 0.242 e. The first-order valence-corrected chi connectivity index (χ1v) is 11.7. The lowest BCUT2D eigenvalue weighted by atomic mass is 10.2. The lowest BCUT2D eigenvalue weighted by Gasteiger charge is -2.22. The van der Waals surface area contributed by atoms with Gasteiger partial charge in [-0.25, -0.2) is 17.1 Å². The summed E-state index contributed by atoms with van der Waals surface area (Å²) in [6, 6.07) is 10.1. The molecule has 1 N–H and O–H groups in total. The second kappa shape index (κ2) is 9.76. The van der Waals surface area contributed by atoms with Crippen molar-refractivity contribution in [2.45, 2.75) is 30.6 Å². The summed E-state index contributed by atoms with van der Waals surface area (Å²) in [4.78, 5) is 14.7. The van der Waals surface area contributed by atoms with Crippen LogP contribution in [0.25, 0.3) is 0 Å². The van der Waals surface area contributed by atoms with Crippen LogP contribution < -0.4 is 10.2 Å². The first kappa shape index (κ1) is 22.5. The number of hydrogen-bond acceptors (Lipinski definition) is 4. The highest BCUT2D eigenvalue weighted by Gasteiger charge is 2.21. The molecule has 0 aromatic heterocycles. The fraction of sp³-hybridized carbons (Fsp3) is 0.381. The fourth-order valence-electron chi connectivity index (χ4n) is 3.42. The van der Waals surface area contributed by atoms with Crippen LogP contribution in [0.15, 0.2) is 47.4 Å². The zero-order valence-electron chi connectivity index (χ0n) is 16.8. The van der Waals surface area contributed by atoms with E-state index in [1.54, 1.807) is 12.1 Å². The first-order chi connectivity index (χ1) is 14.3. The molecule has 1 fully saturated rings. The van der Waals surface area contributed by atoms with Gasteiger partial charge >= 0.3 is 0 Å². The average Bonchev–Trinajstić information content (AvgIpc) is 3.23. The summed E-state index contributed by atoms with van der Waals surface area (Å²) >= 11 is 6.10. The van der Waals surface area contributed by atoms with E-state index in [1.807, 2.05) is 6.07 Å². The number of nitrogens with one attached hydrogen (secondary N) is 1. The summed E-state index contributed by atoms with van der Waals surface area (Å²) in [5, 5.41) is 3.44. The van der Waals surface area contributed by atoms with Crippen LogP contribution in [-0.2, 0) is 14.8 Å². The van der Waals surface area contributed by atoms with E-state index in [9.17, 15) is 17.6 Å². The monoisotopic (exact) mass is 453 g/mol. The topological polar surface area (TPSA) is 69.7 Å². The molecule has 2 aromatic rings. The van der Waals surface area contributed by atoms with Gasteiger partial charge in [-0.15, -0.1) is 0 Å². The average molecular weight is 454 g/mol. The summed E-state index contributed by atoms with van der Waals surface area (Å²) < 4.78 is 39.2. The van der Waals surface area contributed by atoms with Crippen LogP contribution >= 0.6 is 11.6 Å². The third kappa shape index (κ3) is 5.50. The normalized spacial score (nSPS) is 14.3. The number of halogens is 2. The van der Waals surface area contributed by atoms with Gasteiger partial charge in [0.15, 0.2) is 0 Å². The lowest BCUT2D eigenvalue weighted by Crippen LogP contribution is -2.28. The van der Waals surface area contributed by atoms with E-state index in [4.69, 9.17) is 11.6 Å². The van der Waals surface area contributed by atoms with E-state index in [-0.39, 0.29) is 23.8 Å². The number of anilines is 2. The van der Waals surface area contributed by atoms with Crippen LogP contribution in [0, 0.1) is 5.82 Å². The van der Waals surface area contributed by atoms with Crippen LogP contribution in [0.3, 0.4) is 0 Å². The van der Waals surface area contributed by atoms with Gasteiger partial charge < -0.3 is 10.2 Å². The molecule has 2 aromatic carbocycles. The molecule has 0 spiro atoms. The van der Waals surface area contributed by atoms with Gasteiger partial charge in [-0.1, -0.05) is 11.6 Å². The van der Waals surface area contributed by atoms with Crippen molar-refractivity contribution in [1.29, 1.82) is 0 Å². The van der Waals surface area contributed by atoms with Crippen LogP contribution in [-0.4, -0.2) is 45.3 Å². The molecule has 30 heavy (non-hydrogen) atoms. The Bertz CT molecular complexity index is 993. The fourth-order valence-corrected chi connectivity index (χ4v) is 4.81. The third-order valence-corrected chi connectivity index (χ3v) is 7.18. The highest BCUT2D eigenvalue weighted by molar-refractivity contribution is 7.89. The summed E-state index contributed by atoms with van der Waals surface area (Å²) in [6.07, 6.45) is 2.74. The van der Waals surface area contributed by atoms with Crippen molar-refractivity contribution in [3.63, 3.8) is 0 Å². The number of nitrogens with zero attached hydrogens (tertiary/aromatic N) is 2. The minimum Gasteiger partial charge on any atom is -0.370 e. The molecule has 0 saturated carbocycles. The first-order valence-electron chi connectivity index (χ1n) is 9.83. The Morgan fingerprint density at radius 1 is 1.17 bits per heavy atom. The van der Waals surface area contributed by atoms with E-state index in [0.717, 1.165) is 43.8 Å². The van der Waals surface area contributed by atoms with Crippen molar-refractivity contribution in [1.82, 2.24) is 4.31 Å². The maximum atomic E-state index is 13.0. The number of carbonyl (C=O) groups is 1. The van der Waals surface area contributed by atoms with Crippen molar-refractivity contribution in [3.8, 4) is 0 Å². The summed E-state index contributed by atoms with van der Waals surface area (Å²) in [5.41, 5.74) is 1.61. The van der Waals surface area contributed by atoms with Gasteiger partial charge in [0.1, 0.15) is 5.82 Å². The number of sulfonamides is 1. The molecule has 0 unspecified atom stereocenters. The standard InChI is InChI=1S/C21H25ClFN3O3S/c1-25(30(28,29)18-9-7-17(23)8-10-18)12-4-5-21(27)24-19-15-16(22)6-11-20(19)26-13-2-3-14-26/h6-11,15H,2-5,12-14H2,1H3,(H,24,27). The van der Waals surface area contributed by atoms with Crippen molar-refractivity contribution in [2.75, 3.05) is 36.9 Å². The van der Waals surface area contributed by atoms with Gasteiger partial charge in [-0.2, -0.15) is 0 Å². The molecule has 1 aliphatic heterocycles. The predicted octanol–water partition coefficient (Wildman–Crippen LogP) is 4.12. The molecule has 6 nitrogen and oxygen atoms in total. The molecule has 9 heteroatoms. The van der Waals surface area contributed by atoms with Crippen LogP contribution in [0.5, 0.6) is 0 Å². The van der Waals surface area contributed by atoms with Crippen molar-refractivity contribution in [3.05, 3.63) is 53.3 Å². The highest BCUT2D eigenvalue weighted by atomic mass is 35.5. The molecule has 1 saturated heterocycles. The molecular weight excluding hydrogens is 429 g/mol. The third-order valence-electron chi connectivity index (χ3n) is 5.08. The Hall–Kier alpha value is -2.16. The molecule has 1 heterocycles. The van der Waals surface area contributed by atoms with Crippen molar-refractivity contribution >= 4 is 38.9 Å². The van der Waals surface area contributed by atoms with Crippen LogP contribution in [0.2, 0.25) is 5.02 Å². The van der Waals surface area contributed by atoms with Gasteiger partial charge in [0.2, 0.25) is 15.9 Å². The van der Waals surface area contributed by atoms with Crippen LogP contribution in [0.1, 0.15) is 25.7 Å². The minimum absolute atomic E-state index is 0.0185. The highest BCUT2D eigenvalue weighted by Crippen LogP contribution is 2.31. The SMILES string of the molecule is CN(CCCC(=O)Nc1cc(Cl)ccc1N1CCCC1)S(=O)(=O)c1ccc(F)cc1.